The van der Waals surface area contributed by atoms with E-state index in [1.54, 1.807) is 0 Å². The molecule has 0 heterocycles. The molecule has 6 nitrogen and oxygen atoms in total. The molecule has 1 atom stereocenters. The van der Waals surface area contributed by atoms with E-state index in [9.17, 15) is 13.2 Å². The number of carbonyl (C=O) groups is 1. The Morgan fingerprint density at radius 2 is 2.10 bits per heavy atom. The minimum atomic E-state index is -3.72. The Kier molecular flexibility index (Phi) is 6.60. The molecule has 0 spiro atoms. The first kappa shape index (κ1) is 17.9. The average molecular weight is 336 g/mol. The molecule has 1 aromatic carbocycles. The van der Waals surface area contributed by atoms with Gasteiger partial charge in [0, 0.05) is 13.2 Å². The van der Waals surface area contributed by atoms with Crippen molar-refractivity contribution in [3.05, 3.63) is 28.8 Å². The van der Waals surface area contributed by atoms with Gasteiger partial charge in [-0.3, -0.25) is 0 Å². The van der Waals surface area contributed by atoms with Gasteiger partial charge in [0.2, 0.25) is 10.0 Å². The molecule has 1 rings (SSSR count). The van der Waals surface area contributed by atoms with Crippen LogP contribution in [0.2, 0.25) is 5.02 Å². The van der Waals surface area contributed by atoms with Crippen LogP contribution in [0, 0.1) is 5.92 Å². The molecule has 0 aliphatic rings. The van der Waals surface area contributed by atoms with E-state index in [1.807, 2.05) is 6.92 Å². The summed E-state index contributed by atoms with van der Waals surface area (Å²) in [5.74, 6) is -1.09. The van der Waals surface area contributed by atoms with Crippen molar-refractivity contribution in [2.45, 2.75) is 24.7 Å². The van der Waals surface area contributed by atoms with Crippen LogP contribution >= 0.6 is 11.6 Å². The zero-order valence-corrected chi connectivity index (χ0v) is 13.1. The number of aliphatic hydroxyl groups excluding tert-OH is 1. The molecule has 0 aromatic heterocycles. The first-order valence-electron chi connectivity index (χ1n) is 6.41. The van der Waals surface area contributed by atoms with E-state index in [2.05, 4.69) is 4.72 Å². The largest absolute Gasteiger partial charge is 0.478 e. The fraction of sp³-hybridized carbons (Fsp3) is 0.462. The smallest absolute Gasteiger partial charge is 0.337 e. The van der Waals surface area contributed by atoms with Gasteiger partial charge in [0.15, 0.2) is 0 Å². The topological polar surface area (TPSA) is 104 Å². The molecule has 0 amide bonds. The van der Waals surface area contributed by atoms with Crippen LogP contribution in [0.4, 0.5) is 0 Å². The van der Waals surface area contributed by atoms with Crippen LogP contribution in [0.1, 0.15) is 30.1 Å². The van der Waals surface area contributed by atoms with Crippen molar-refractivity contribution in [2.75, 3.05) is 13.2 Å². The maximum Gasteiger partial charge on any atom is 0.337 e. The molecule has 0 aliphatic heterocycles. The molecule has 3 N–H and O–H groups in total. The Bertz CT molecular complexity index is 603. The lowest BCUT2D eigenvalue weighted by Crippen LogP contribution is -2.25. The quantitative estimate of drug-likeness (QED) is 0.628. The third-order valence-electron chi connectivity index (χ3n) is 2.96. The molecule has 118 valence electrons. The lowest BCUT2D eigenvalue weighted by molar-refractivity contribution is 0.0697. The summed E-state index contributed by atoms with van der Waals surface area (Å²) in [7, 11) is -3.72. The highest BCUT2D eigenvalue weighted by Crippen LogP contribution is 2.20. The Hall–Kier alpha value is -1.15. The molecule has 0 bridgehead atoms. The zero-order valence-electron chi connectivity index (χ0n) is 11.5. The van der Waals surface area contributed by atoms with Gasteiger partial charge in [0.25, 0.3) is 0 Å². The number of aromatic carboxylic acids is 1. The maximum absolute atomic E-state index is 12.0. The molecule has 1 unspecified atom stereocenters. The Morgan fingerprint density at radius 3 is 2.62 bits per heavy atom. The van der Waals surface area contributed by atoms with Gasteiger partial charge in [-0.05, 0) is 37.0 Å². The number of nitrogens with one attached hydrogen (secondary N) is 1. The standard InChI is InChI=1S/C13H18ClNO5S/c1-9(8-16)3-2-6-15-21(19,20)10-4-5-11(13(17)18)12(14)7-10/h4-5,7,9,15-16H,2-3,6,8H2,1H3,(H,17,18). The van der Waals surface area contributed by atoms with Gasteiger partial charge in [-0.1, -0.05) is 18.5 Å². The molecule has 0 radical (unpaired) electrons. The summed E-state index contributed by atoms with van der Waals surface area (Å²) in [5.41, 5.74) is -0.146. The van der Waals surface area contributed by atoms with Crippen LogP contribution in [0.25, 0.3) is 0 Å². The van der Waals surface area contributed by atoms with Gasteiger partial charge in [-0.2, -0.15) is 0 Å². The van der Waals surface area contributed by atoms with Gasteiger partial charge >= 0.3 is 5.97 Å². The van der Waals surface area contributed by atoms with Crippen molar-refractivity contribution in [1.82, 2.24) is 4.72 Å². The van der Waals surface area contributed by atoms with Gasteiger partial charge in [0.05, 0.1) is 15.5 Å². The van der Waals surface area contributed by atoms with Crippen molar-refractivity contribution < 1.29 is 23.4 Å². The van der Waals surface area contributed by atoms with E-state index in [-0.39, 0.29) is 34.6 Å². The van der Waals surface area contributed by atoms with Crippen LogP contribution in [0.3, 0.4) is 0 Å². The van der Waals surface area contributed by atoms with Crippen LogP contribution in [-0.2, 0) is 10.0 Å². The summed E-state index contributed by atoms with van der Waals surface area (Å²) >= 11 is 5.75. The number of benzene rings is 1. The number of carboxylic acids is 1. The molecule has 1 aromatic rings. The Labute approximate surface area is 128 Å². The molecular weight excluding hydrogens is 318 g/mol. The normalized spacial score (nSPS) is 13.1. The Balaban J connectivity index is 2.71. The first-order valence-corrected chi connectivity index (χ1v) is 8.27. The first-order chi connectivity index (χ1) is 9.77. The van der Waals surface area contributed by atoms with E-state index >= 15 is 0 Å². The van der Waals surface area contributed by atoms with Crippen LogP contribution in [0.5, 0.6) is 0 Å². The minimum Gasteiger partial charge on any atom is -0.478 e. The lowest BCUT2D eigenvalue weighted by atomic mass is 10.1. The highest BCUT2D eigenvalue weighted by molar-refractivity contribution is 7.89. The lowest BCUT2D eigenvalue weighted by Gasteiger charge is -2.10. The summed E-state index contributed by atoms with van der Waals surface area (Å²) in [6, 6.07) is 3.48. The number of hydrogen-bond acceptors (Lipinski definition) is 4. The molecule has 0 saturated heterocycles. The summed E-state index contributed by atoms with van der Waals surface area (Å²) in [6.45, 7) is 2.18. The summed E-state index contributed by atoms with van der Waals surface area (Å²) in [6.07, 6.45) is 1.31. The molecule has 8 heteroatoms. The second-order valence-corrected chi connectivity index (χ2v) is 6.95. The fourth-order valence-electron chi connectivity index (χ4n) is 1.67. The van der Waals surface area contributed by atoms with Crippen molar-refractivity contribution >= 4 is 27.6 Å². The van der Waals surface area contributed by atoms with Crippen molar-refractivity contribution in [2.24, 2.45) is 5.92 Å². The molecular formula is C13H18ClNO5S. The monoisotopic (exact) mass is 335 g/mol. The summed E-state index contributed by atoms with van der Waals surface area (Å²) in [4.78, 5) is 10.7. The van der Waals surface area contributed by atoms with Gasteiger partial charge < -0.3 is 10.2 Å². The summed E-state index contributed by atoms with van der Waals surface area (Å²) < 4.78 is 26.4. The number of carboxylic acid groups (broad SMARTS) is 1. The van der Waals surface area contributed by atoms with E-state index in [1.165, 1.54) is 6.07 Å². The van der Waals surface area contributed by atoms with Gasteiger partial charge in [-0.15, -0.1) is 0 Å². The molecule has 21 heavy (non-hydrogen) atoms. The summed E-state index contributed by atoms with van der Waals surface area (Å²) in [5, 5.41) is 17.6. The third kappa shape index (κ3) is 5.28. The highest BCUT2D eigenvalue weighted by Gasteiger charge is 2.17. The van der Waals surface area contributed by atoms with E-state index in [0.29, 0.717) is 12.8 Å². The predicted octanol–water partition coefficient (Wildman–Crippen LogP) is 1.73. The highest BCUT2D eigenvalue weighted by atomic mass is 35.5. The van der Waals surface area contributed by atoms with Crippen molar-refractivity contribution in [3.63, 3.8) is 0 Å². The van der Waals surface area contributed by atoms with E-state index in [4.69, 9.17) is 21.8 Å². The van der Waals surface area contributed by atoms with Crippen LogP contribution in [-0.4, -0.2) is 37.8 Å². The fourth-order valence-corrected chi connectivity index (χ4v) is 3.09. The molecule has 0 saturated carbocycles. The van der Waals surface area contributed by atoms with Gasteiger partial charge in [0.1, 0.15) is 0 Å². The van der Waals surface area contributed by atoms with Crippen molar-refractivity contribution in [3.8, 4) is 0 Å². The molecule has 0 fully saturated rings. The minimum absolute atomic E-state index is 0.0685. The number of hydrogen-bond donors (Lipinski definition) is 3. The van der Waals surface area contributed by atoms with Crippen molar-refractivity contribution in [1.29, 1.82) is 0 Å². The van der Waals surface area contributed by atoms with Gasteiger partial charge in [-0.25, -0.2) is 17.9 Å². The number of rotatable bonds is 8. The predicted molar refractivity (Wildman–Crippen MR) is 79.1 cm³/mol. The zero-order chi connectivity index (χ0) is 16.0. The van der Waals surface area contributed by atoms with E-state index < -0.39 is 16.0 Å². The second kappa shape index (κ2) is 7.74. The Morgan fingerprint density at radius 1 is 1.43 bits per heavy atom. The average Bonchev–Trinajstić information content (AvgIpc) is 2.42. The molecule has 0 aliphatic carbocycles. The number of sulfonamides is 1. The van der Waals surface area contributed by atoms with Crippen LogP contribution in [0.15, 0.2) is 23.1 Å². The SMILES string of the molecule is CC(CO)CCCNS(=O)(=O)c1ccc(C(=O)O)c(Cl)c1. The van der Waals surface area contributed by atoms with E-state index in [0.717, 1.165) is 12.1 Å². The second-order valence-electron chi connectivity index (χ2n) is 4.77. The third-order valence-corrected chi connectivity index (χ3v) is 4.73. The number of aliphatic hydroxyl groups is 1. The maximum atomic E-state index is 12.0. The van der Waals surface area contributed by atoms with Crippen LogP contribution < -0.4 is 4.72 Å². The number of halogens is 1.